The lowest BCUT2D eigenvalue weighted by Crippen LogP contribution is -2.55. The van der Waals surface area contributed by atoms with E-state index in [0.29, 0.717) is 5.54 Å². The fraction of sp³-hybridized carbons (Fsp3) is 1.00. The Morgan fingerprint density at radius 1 is 1.33 bits per heavy atom. The molecule has 12 heavy (non-hydrogen) atoms. The second-order valence-electron chi connectivity index (χ2n) is 3.98. The number of hydrazine groups is 1. The largest absolute Gasteiger partial charge is 0.268 e. The first kappa shape index (κ1) is 10.0. The smallest absolute Gasteiger partial charge is 0.0349 e. The lowest BCUT2D eigenvalue weighted by atomic mass is 9.82. The maximum Gasteiger partial charge on any atom is 0.0349 e. The molecule has 0 aliphatic carbocycles. The molecule has 2 heteroatoms. The second kappa shape index (κ2) is 4.24. The van der Waals surface area contributed by atoms with Crippen molar-refractivity contribution in [1.29, 1.82) is 0 Å². The molecule has 1 saturated heterocycles. The van der Waals surface area contributed by atoms with Crippen molar-refractivity contribution >= 4 is 0 Å². The molecule has 1 unspecified atom stereocenters. The fourth-order valence-corrected chi connectivity index (χ4v) is 2.41. The second-order valence-corrected chi connectivity index (χ2v) is 3.98. The lowest BCUT2D eigenvalue weighted by molar-refractivity contribution is 0.0339. The van der Waals surface area contributed by atoms with Crippen molar-refractivity contribution in [1.82, 2.24) is 5.01 Å². The summed E-state index contributed by atoms with van der Waals surface area (Å²) in [6.45, 7) is 5.61. The van der Waals surface area contributed by atoms with Gasteiger partial charge in [0.1, 0.15) is 0 Å². The monoisotopic (exact) mass is 170 g/mol. The van der Waals surface area contributed by atoms with Gasteiger partial charge in [-0.2, -0.15) is 0 Å². The van der Waals surface area contributed by atoms with E-state index in [-0.39, 0.29) is 0 Å². The molecule has 2 N–H and O–H groups in total. The molecule has 0 saturated carbocycles. The summed E-state index contributed by atoms with van der Waals surface area (Å²) in [7, 11) is 0. The third-order valence-electron chi connectivity index (χ3n) is 3.27. The summed E-state index contributed by atoms with van der Waals surface area (Å²) < 4.78 is 0. The van der Waals surface area contributed by atoms with Crippen LogP contribution in [0.2, 0.25) is 0 Å². The van der Waals surface area contributed by atoms with Crippen LogP contribution in [0.15, 0.2) is 0 Å². The Balaban J connectivity index is 2.60. The summed E-state index contributed by atoms with van der Waals surface area (Å²) in [4.78, 5) is 0. The summed E-state index contributed by atoms with van der Waals surface area (Å²) in [5, 5.41) is 2.10. The zero-order chi connectivity index (χ0) is 9.03. The average Bonchev–Trinajstić information content (AvgIpc) is 2.10. The Labute approximate surface area is 76.1 Å². The van der Waals surface area contributed by atoms with Crippen LogP contribution in [0.5, 0.6) is 0 Å². The van der Waals surface area contributed by atoms with E-state index in [2.05, 4.69) is 18.9 Å². The predicted octanol–water partition coefficient (Wildman–Crippen LogP) is 2.29. The topological polar surface area (TPSA) is 29.3 Å². The third-order valence-corrected chi connectivity index (χ3v) is 3.27. The first-order valence-electron chi connectivity index (χ1n) is 5.27. The molecule has 1 aliphatic rings. The minimum atomic E-state index is 0.340. The molecule has 1 aliphatic heterocycles. The van der Waals surface area contributed by atoms with E-state index in [4.69, 9.17) is 5.84 Å². The molecule has 0 spiro atoms. The Hall–Kier alpha value is -0.0800. The van der Waals surface area contributed by atoms with Gasteiger partial charge in [-0.1, -0.05) is 26.7 Å². The van der Waals surface area contributed by atoms with Crippen LogP contribution in [-0.2, 0) is 0 Å². The van der Waals surface area contributed by atoms with Gasteiger partial charge >= 0.3 is 0 Å². The maximum absolute atomic E-state index is 6.04. The van der Waals surface area contributed by atoms with Gasteiger partial charge in [0.2, 0.25) is 0 Å². The Morgan fingerprint density at radius 2 is 2.08 bits per heavy atom. The first-order valence-corrected chi connectivity index (χ1v) is 5.27. The van der Waals surface area contributed by atoms with E-state index in [0.717, 1.165) is 6.54 Å². The SMILES string of the molecule is CCCC1(CC)CCCCN1N. The Kier molecular flexibility index (Phi) is 3.53. The molecule has 0 aromatic carbocycles. The predicted molar refractivity (Wildman–Crippen MR) is 52.7 cm³/mol. The standard InChI is InChI=1S/C10H22N2/c1-3-7-10(4-2)8-5-6-9-12(10)11/h3-9,11H2,1-2H3. The number of hydrogen-bond acceptors (Lipinski definition) is 2. The minimum Gasteiger partial charge on any atom is -0.268 e. The Morgan fingerprint density at radius 3 is 2.58 bits per heavy atom. The van der Waals surface area contributed by atoms with Crippen molar-refractivity contribution in [2.45, 2.75) is 57.9 Å². The molecule has 0 aromatic heterocycles. The molecule has 1 atom stereocenters. The van der Waals surface area contributed by atoms with Crippen LogP contribution < -0.4 is 5.84 Å². The van der Waals surface area contributed by atoms with Gasteiger partial charge in [-0.05, 0) is 25.7 Å². The highest BCUT2D eigenvalue weighted by atomic mass is 15.4. The highest BCUT2D eigenvalue weighted by Gasteiger charge is 2.34. The van der Waals surface area contributed by atoms with Crippen molar-refractivity contribution in [2.24, 2.45) is 5.84 Å². The number of rotatable bonds is 3. The van der Waals surface area contributed by atoms with Crippen molar-refractivity contribution in [3.63, 3.8) is 0 Å². The molecule has 0 aromatic rings. The number of piperidine rings is 1. The van der Waals surface area contributed by atoms with E-state index in [9.17, 15) is 0 Å². The van der Waals surface area contributed by atoms with Crippen LogP contribution in [0.4, 0.5) is 0 Å². The van der Waals surface area contributed by atoms with Crippen LogP contribution in [0.25, 0.3) is 0 Å². The summed E-state index contributed by atoms with van der Waals surface area (Å²) in [6, 6.07) is 0. The summed E-state index contributed by atoms with van der Waals surface area (Å²) >= 11 is 0. The van der Waals surface area contributed by atoms with Gasteiger partial charge in [0.25, 0.3) is 0 Å². The van der Waals surface area contributed by atoms with E-state index in [1.54, 1.807) is 0 Å². The molecule has 1 rings (SSSR count). The molecule has 1 heterocycles. The van der Waals surface area contributed by atoms with Crippen molar-refractivity contribution in [3.05, 3.63) is 0 Å². The van der Waals surface area contributed by atoms with Gasteiger partial charge in [0.05, 0.1) is 0 Å². The highest BCUT2D eigenvalue weighted by Crippen LogP contribution is 2.32. The quantitative estimate of drug-likeness (QED) is 0.658. The van der Waals surface area contributed by atoms with Crippen LogP contribution in [0, 0.1) is 0 Å². The van der Waals surface area contributed by atoms with Crippen LogP contribution in [0.3, 0.4) is 0 Å². The maximum atomic E-state index is 6.04. The Bertz CT molecular complexity index is 132. The van der Waals surface area contributed by atoms with Crippen molar-refractivity contribution in [3.8, 4) is 0 Å². The zero-order valence-corrected chi connectivity index (χ0v) is 8.47. The molecule has 1 fully saturated rings. The van der Waals surface area contributed by atoms with E-state index < -0.39 is 0 Å². The minimum absolute atomic E-state index is 0.340. The molecule has 72 valence electrons. The van der Waals surface area contributed by atoms with E-state index in [1.165, 1.54) is 38.5 Å². The third kappa shape index (κ3) is 1.80. The number of nitrogens with two attached hydrogens (primary N) is 1. The highest BCUT2D eigenvalue weighted by molar-refractivity contribution is 4.89. The van der Waals surface area contributed by atoms with Gasteiger partial charge in [0.15, 0.2) is 0 Å². The van der Waals surface area contributed by atoms with E-state index >= 15 is 0 Å². The van der Waals surface area contributed by atoms with Crippen LogP contribution >= 0.6 is 0 Å². The lowest BCUT2D eigenvalue weighted by Gasteiger charge is -2.44. The summed E-state index contributed by atoms with van der Waals surface area (Å²) in [6.07, 6.45) is 7.66. The molecular weight excluding hydrogens is 148 g/mol. The van der Waals surface area contributed by atoms with Gasteiger partial charge < -0.3 is 0 Å². The van der Waals surface area contributed by atoms with Gasteiger partial charge in [0, 0.05) is 12.1 Å². The molecule has 0 amide bonds. The first-order chi connectivity index (χ1) is 5.75. The summed E-state index contributed by atoms with van der Waals surface area (Å²) in [5.41, 5.74) is 0.340. The number of hydrogen-bond donors (Lipinski definition) is 1. The summed E-state index contributed by atoms with van der Waals surface area (Å²) in [5.74, 6) is 6.04. The zero-order valence-electron chi connectivity index (χ0n) is 8.47. The molecular formula is C10H22N2. The van der Waals surface area contributed by atoms with E-state index in [1.807, 2.05) is 0 Å². The van der Waals surface area contributed by atoms with Crippen LogP contribution in [-0.4, -0.2) is 17.1 Å². The fourth-order valence-electron chi connectivity index (χ4n) is 2.41. The van der Waals surface area contributed by atoms with Crippen LogP contribution in [0.1, 0.15) is 52.4 Å². The van der Waals surface area contributed by atoms with Gasteiger partial charge in [-0.25, -0.2) is 5.01 Å². The van der Waals surface area contributed by atoms with Gasteiger partial charge in [-0.15, -0.1) is 0 Å². The number of nitrogens with zero attached hydrogens (tertiary/aromatic N) is 1. The average molecular weight is 170 g/mol. The normalized spacial score (nSPS) is 32.2. The van der Waals surface area contributed by atoms with Crippen molar-refractivity contribution in [2.75, 3.05) is 6.54 Å². The van der Waals surface area contributed by atoms with Gasteiger partial charge in [-0.3, -0.25) is 5.84 Å². The molecule has 0 bridgehead atoms. The molecule has 2 nitrogen and oxygen atoms in total. The van der Waals surface area contributed by atoms with Crippen molar-refractivity contribution < 1.29 is 0 Å². The molecule has 0 radical (unpaired) electrons.